The summed E-state index contributed by atoms with van der Waals surface area (Å²) < 4.78 is 39.0. The van der Waals surface area contributed by atoms with Gasteiger partial charge in [-0.1, -0.05) is 23.2 Å². The van der Waals surface area contributed by atoms with E-state index in [4.69, 9.17) is 28.5 Å². The normalized spacial score (nSPS) is 11.4. The third kappa shape index (κ3) is 2.53. The second kappa shape index (κ2) is 4.76. The van der Waals surface area contributed by atoms with E-state index < -0.39 is 22.6 Å². The highest BCUT2D eigenvalue weighted by atomic mass is 35.5. The molecule has 0 aliphatic carbocycles. The molecular formula is C11H4Cl2F3N3. The van der Waals surface area contributed by atoms with Gasteiger partial charge in [-0.3, -0.25) is 0 Å². The first-order chi connectivity index (χ1) is 8.84. The number of benzene rings is 1. The van der Waals surface area contributed by atoms with Crippen LogP contribution in [0, 0.1) is 11.3 Å². The lowest BCUT2D eigenvalue weighted by Crippen LogP contribution is -2.08. The molecule has 19 heavy (non-hydrogen) atoms. The molecule has 1 aromatic carbocycles. The molecule has 0 N–H and O–H groups in total. The van der Waals surface area contributed by atoms with Crippen LogP contribution in [0.5, 0.6) is 0 Å². The number of rotatable bonds is 1. The molecule has 3 nitrogen and oxygen atoms in total. The molecule has 0 saturated heterocycles. The van der Waals surface area contributed by atoms with Crippen LogP contribution in [0.15, 0.2) is 24.3 Å². The molecule has 1 aromatic heterocycles. The van der Waals surface area contributed by atoms with Crippen LogP contribution in [0.4, 0.5) is 13.2 Å². The fraction of sp³-hybridized carbons (Fsp3) is 0.0909. The summed E-state index contributed by atoms with van der Waals surface area (Å²) in [5.41, 5.74) is -1.74. The average Bonchev–Trinajstić information content (AvgIpc) is 2.67. The lowest BCUT2D eigenvalue weighted by Gasteiger charge is -2.03. The van der Waals surface area contributed by atoms with Crippen LogP contribution < -0.4 is 0 Å². The van der Waals surface area contributed by atoms with E-state index in [0.29, 0.717) is 5.02 Å². The van der Waals surface area contributed by atoms with Crippen molar-refractivity contribution in [2.75, 3.05) is 0 Å². The summed E-state index contributed by atoms with van der Waals surface area (Å²) in [6.07, 6.45) is -4.74. The molecule has 0 radical (unpaired) electrons. The highest BCUT2D eigenvalue weighted by Gasteiger charge is 2.39. The van der Waals surface area contributed by atoms with E-state index in [9.17, 15) is 13.2 Å². The lowest BCUT2D eigenvalue weighted by molar-refractivity contribution is -0.141. The Morgan fingerprint density at radius 3 is 2.16 bits per heavy atom. The largest absolute Gasteiger partial charge is 0.436 e. The standard InChI is InChI=1S/C11H4Cl2F3N3/c12-6-1-3-7(4-2-6)19-10(13)8(5-17)9(18-19)11(14,15)16/h1-4H. The molecule has 0 unspecified atom stereocenters. The summed E-state index contributed by atoms with van der Waals surface area (Å²) in [5.74, 6) is 0. The Labute approximate surface area is 115 Å². The second-order valence-corrected chi connectivity index (χ2v) is 4.31. The zero-order valence-corrected chi connectivity index (χ0v) is 10.6. The Morgan fingerprint density at radius 1 is 1.16 bits per heavy atom. The van der Waals surface area contributed by atoms with E-state index in [0.717, 1.165) is 4.68 Å². The van der Waals surface area contributed by atoms with Crippen molar-refractivity contribution in [2.45, 2.75) is 6.18 Å². The van der Waals surface area contributed by atoms with Gasteiger partial charge in [-0.25, -0.2) is 4.68 Å². The Hall–Kier alpha value is -1.71. The molecule has 0 spiro atoms. The van der Waals surface area contributed by atoms with Crippen molar-refractivity contribution in [3.05, 3.63) is 45.7 Å². The van der Waals surface area contributed by atoms with Gasteiger partial charge in [-0.05, 0) is 24.3 Å². The fourth-order valence-corrected chi connectivity index (χ4v) is 1.84. The number of nitrogens with zero attached hydrogens (tertiary/aromatic N) is 3. The first-order valence-corrected chi connectivity index (χ1v) is 5.62. The molecule has 0 fully saturated rings. The van der Waals surface area contributed by atoms with Crippen LogP contribution in [0.2, 0.25) is 10.2 Å². The number of alkyl halides is 3. The van der Waals surface area contributed by atoms with E-state index in [1.165, 1.54) is 30.3 Å². The third-order valence-electron chi connectivity index (χ3n) is 2.28. The number of hydrogen-bond donors (Lipinski definition) is 0. The minimum atomic E-state index is -4.74. The van der Waals surface area contributed by atoms with Crippen molar-refractivity contribution >= 4 is 23.2 Å². The van der Waals surface area contributed by atoms with E-state index in [2.05, 4.69) is 5.10 Å². The van der Waals surface area contributed by atoms with Gasteiger partial charge in [0.2, 0.25) is 0 Å². The zero-order chi connectivity index (χ0) is 14.2. The maximum Gasteiger partial charge on any atom is 0.436 e. The van der Waals surface area contributed by atoms with Gasteiger partial charge in [-0.15, -0.1) is 0 Å². The van der Waals surface area contributed by atoms with Crippen molar-refractivity contribution in [1.29, 1.82) is 5.26 Å². The zero-order valence-electron chi connectivity index (χ0n) is 9.04. The Balaban J connectivity index is 2.64. The Morgan fingerprint density at radius 2 is 1.74 bits per heavy atom. The number of nitriles is 1. The van der Waals surface area contributed by atoms with Crippen LogP contribution in [0.25, 0.3) is 5.69 Å². The highest BCUT2D eigenvalue weighted by molar-refractivity contribution is 6.31. The average molecular weight is 306 g/mol. The summed E-state index contributed by atoms with van der Waals surface area (Å²) >= 11 is 11.4. The molecule has 2 aromatic rings. The predicted molar refractivity (Wildman–Crippen MR) is 63.3 cm³/mol. The van der Waals surface area contributed by atoms with Gasteiger partial charge < -0.3 is 0 Å². The fourth-order valence-electron chi connectivity index (χ4n) is 1.45. The van der Waals surface area contributed by atoms with Crippen LogP contribution in [-0.4, -0.2) is 9.78 Å². The Bertz CT molecular complexity index is 654. The van der Waals surface area contributed by atoms with E-state index in [1.807, 2.05) is 0 Å². The van der Waals surface area contributed by atoms with Gasteiger partial charge in [0, 0.05) is 5.02 Å². The summed E-state index contributed by atoms with van der Waals surface area (Å²) in [7, 11) is 0. The molecule has 0 saturated carbocycles. The predicted octanol–water partition coefficient (Wildman–Crippen LogP) is 4.07. The minimum absolute atomic E-state index is 0.279. The van der Waals surface area contributed by atoms with Crippen LogP contribution >= 0.6 is 23.2 Å². The molecule has 1 heterocycles. The number of hydrogen-bond acceptors (Lipinski definition) is 2. The lowest BCUT2D eigenvalue weighted by atomic mass is 10.2. The van der Waals surface area contributed by atoms with Crippen LogP contribution in [-0.2, 0) is 6.18 Å². The quantitative estimate of drug-likeness (QED) is 0.797. The van der Waals surface area contributed by atoms with Gasteiger partial charge in [-0.2, -0.15) is 23.5 Å². The van der Waals surface area contributed by atoms with Crippen molar-refractivity contribution < 1.29 is 13.2 Å². The highest BCUT2D eigenvalue weighted by Crippen LogP contribution is 2.35. The van der Waals surface area contributed by atoms with Gasteiger partial charge in [0.25, 0.3) is 0 Å². The maximum absolute atomic E-state index is 12.7. The van der Waals surface area contributed by atoms with Crippen LogP contribution in [0.1, 0.15) is 11.3 Å². The molecule has 0 aliphatic rings. The SMILES string of the molecule is N#Cc1c(C(F)(F)F)nn(-c2ccc(Cl)cc2)c1Cl. The molecule has 0 atom stereocenters. The molecule has 8 heteroatoms. The first kappa shape index (κ1) is 13.7. The van der Waals surface area contributed by atoms with Gasteiger partial charge in [0.15, 0.2) is 10.8 Å². The molecular weight excluding hydrogens is 302 g/mol. The van der Waals surface area contributed by atoms with Crippen molar-refractivity contribution in [1.82, 2.24) is 9.78 Å². The summed E-state index contributed by atoms with van der Waals surface area (Å²) in [6.45, 7) is 0. The van der Waals surface area contributed by atoms with E-state index in [1.54, 1.807) is 0 Å². The summed E-state index contributed by atoms with van der Waals surface area (Å²) in [4.78, 5) is 0. The van der Waals surface area contributed by atoms with Gasteiger partial charge in [0.05, 0.1) is 5.69 Å². The van der Waals surface area contributed by atoms with Gasteiger partial charge in [0.1, 0.15) is 11.6 Å². The van der Waals surface area contributed by atoms with Crippen LogP contribution in [0.3, 0.4) is 0 Å². The summed E-state index contributed by atoms with van der Waals surface area (Å²) in [5, 5.41) is 12.1. The minimum Gasteiger partial charge on any atom is -0.220 e. The number of halogens is 5. The first-order valence-electron chi connectivity index (χ1n) is 4.86. The second-order valence-electron chi connectivity index (χ2n) is 3.51. The maximum atomic E-state index is 12.7. The summed E-state index contributed by atoms with van der Waals surface area (Å²) in [6, 6.07) is 7.27. The van der Waals surface area contributed by atoms with E-state index in [-0.39, 0.29) is 5.69 Å². The Kier molecular flexibility index (Phi) is 3.43. The molecule has 0 bridgehead atoms. The van der Waals surface area contributed by atoms with Crippen molar-refractivity contribution in [2.24, 2.45) is 0 Å². The van der Waals surface area contributed by atoms with Gasteiger partial charge >= 0.3 is 6.18 Å². The van der Waals surface area contributed by atoms with Crippen molar-refractivity contribution in [3.8, 4) is 11.8 Å². The topological polar surface area (TPSA) is 41.6 Å². The molecule has 2 rings (SSSR count). The third-order valence-corrected chi connectivity index (χ3v) is 2.88. The van der Waals surface area contributed by atoms with Crippen molar-refractivity contribution in [3.63, 3.8) is 0 Å². The molecule has 98 valence electrons. The smallest absolute Gasteiger partial charge is 0.220 e. The monoisotopic (exact) mass is 305 g/mol. The molecule has 0 aliphatic heterocycles. The molecule has 0 amide bonds. The number of aromatic nitrogens is 2. The van der Waals surface area contributed by atoms with E-state index >= 15 is 0 Å².